The number of nitrogens with one attached hydrogen (secondary N) is 1. The lowest BCUT2D eigenvalue weighted by Gasteiger charge is -2.32. The van der Waals surface area contributed by atoms with Gasteiger partial charge in [-0.2, -0.15) is 0 Å². The van der Waals surface area contributed by atoms with Gasteiger partial charge in [-0.15, -0.1) is 0 Å². The highest BCUT2D eigenvalue weighted by molar-refractivity contribution is 5.32. The molecule has 4 heteroatoms. The van der Waals surface area contributed by atoms with E-state index in [0.29, 0.717) is 6.04 Å². The molecule has 118 valence electrons. The summed E-state index contributed by atoms with van der Waals surface area (Å²) in [4.78, 5) is 6.82. The molecule has 1 unspecified atom stereocenters. The molecule has 4 nitrogen and oxygen atoms in total. The summed E-state index contributed by atoms with van der Waals surface area (Å²) < 4.78 is 6.14. The standard InChI is InChI=1S/C17H29N3O/c1-4-8-18-11-15-12-19-14(2)10-17(15)21-13-16-7-5-6-9-20(16)3/h10,12,16,18H,4-9,11,13H2,1-3H3. The molecule has 2 rings (SSSR count). The Labute approximate surface area is 128 Å². The van der Waals surface area contributed by atoms with E-state index in [9.17, 15) is 0 Å². The zero-order valence-electron chi connectivity index (χ0n) is 13.7. The third kappa shape index (κ3) is 4.97. The lowest BCUT2D eigenvalue weighted by Crippen LogP contribution is -2.40. The van der Waals surface area contributed by atoms with Gasteiger partial charge < -0.3 is 15.0 Å². The largest absolute Gasteiger partial charge is 0.491 e. The van der Waals surface area contributed by atoms with Crippen molar-refractivity contribution >= 4 is 0 Å². The second-order valence-corrected chi connectivity index (χ2v) is 6.05. The minimum atomic E-state index is 0.545. The van der Waals surface area contributed by atoms with Crippen molar-refractivity contribution in [1.29, 1.82) is 0 Å². The number of piperidine rings is 1. The van der Waals surface area contributed by atoms with E-state index in [1.54, 1.807) is 0 Å². The van der Waals surface area contributed by atoms with Crippen LogP contribution >= 0.6 is 0 Å². The summed E-state index contributed by atoms with van der Waals surface area (Å²) in [5.74, 6) is 0.991. The molecule has 0 radical (unpaired) electrons. The molecule has 2 heterocycles. The molecule has 0 spiro atoms. The van der Waals surface area contributed by atoms with Crippen LogP contribution in [0.15, 0.2) is 12.3 Å². The first-order valence-corrected chi connectivity index (χ1v) is 8.20. The van der Waals surface area contributed by atoms with Crippen molar-refractivity contribution in [3.05, 3.63) is 23.5 Å². The highest BCUT2D eigenvalue weighted by atomic mass is 16.5. The normalized spacial score (nSPS) is 19.7. The first-order valence-electron chi connectivity index (χ1n) is 8.20. The molecule has 0 bridgehead atoms. The molecule has 21 heavy (non-hydrogen) atoms. The molecule has 1 aromatic heterocycles. The summed E-state index contributed by atoms with van der Waals surface area (Å²) in [6, 6.07) is 2.61. The molecule has 1 aliphatic rings. The molecule has 1 aromatic rings. The fraction of sp³-hybridized carbons (Fsp3) is 0.706. The van der Waals surface area contributed by atoms with Gasteiger partial charge in [0.15, 0.2) is 0 Å². The minimum Gasteiger partial charge on any atom is -0.491 e. The topological polar surface area (TPSA) is 37.4 Å². The molecular weight excluding hydrogens is 262 g/mol. The number of hydrogen-bond acceptors (Lipinski definition) is 4. The number of likely N-dealkylation sites (tertiary alicyclic amines) is 1. The van der Waals surface area contributed by atoms with Gasteiger partial charge in [-0.25, -0.2) is 0 Å². The molecule has 1 atom stereocenters. The van der Waals surface area contributed by atoms with Gasteiger partial charge in [0, 0.05) is 36.1 Å². The maximum Gasteiger partial charge on any atom is 0.127 e. The average Bonchev–Trinajstić information content (AvgIpc) is 2.48. The smallest absolute Gasteiger partial charge is 0.127 e. The SMILES string of the molecule is CCCNCc1cnc(C)cc1OCC1CCCCN1C. The maximum atomic E-state index is 6.14. The highest BCUT2D eigenvalue weighted by Gasteiger charge is 2.19. The van der Waals surface area contributed by atoms with Crippen LogP contribution in [0.25, 0.3) is 0 Å². The number of aromatic nitrogens is 1. The molecule has 1 N–H and O–H groups in total. The number of aryl methyl sites for hydroxylation is 1. The van der Waals surface area contributed by atoms with Crippen molar-refractivity contribution in [3.63, 3.8) is 0 Å². The fourth-order valence-electron chi connectivity index (χ4n) is 2.77. The van der Waals surface area contributed by atoms with Crippen LogP contribution in [0.1, 0.15) is 43.9 Å². The average molecular weight is 291 g/mol. The Morgan fingerprint density at radius 2 is 2.29 bits per heavy atom. The second kappa shape index (κ2) is 8.35. The number of nitrogens with zero attached hydrogens (tertiary/aromatic N) is 2. The second-order valence-electron chi connectivity index (χ2n) is 6.05. The summed E-state index contributed by atoms with van der Waals surface area (Å²) in [5, 5.41) is 3.43. The quantitative estimate of drug-likeness (QED) is 0.784. The Balaban J connectivity index is 1.95. The van der Waals surface area contributed by atoms with E-state index in [2.05, 4.69) is 35.2 Å². The first-order chi connectivity index (χ1) is 10.2. The van der Waals surface area contributed by atoms with E-state index in [-0.39, 0.29) is 0 Å². The first kappa shape index (κ1) is 16.2. The van der Waals surface area contributed by atoms with Crippen LogP contribution in [0.5, 0.6) is 5.75 Å². The van der Waals surface area contributed by atoms with E-state index >= 15 is 0 Å². The Hall–Kier alpha value is -1.13. The number of ether oxygens (including phenoxy) is 1. The summed E-state index contributed by atoms with van der Waals surface area (Å²) in [5.41, 5.74) is 2.17. The minimum absolute atomic E-state index is 0.545. The molecule has 1 fully saturated rings. The molecule has 0 amide bonds. The summed E-state index contributed by atoms with van der Waals surface area (Å²) in [7, 11) is 2.20. The molecule has 0 aromatic carbocycles. The zero-order valence-corrected chi connectivity index (χ0v) is 13.7. The van der Waals surface area contributed by atoms with Crippen molar-refractivity contribution in [2.45, 2.75) is 52.1 Å². The molecule has 0 saturated carbocycles. The van der Waals surface area contributed by atoms with E-state index in [1.807, 2.05) is 13.1 Å². The molecular formula is C17H29N3O. The van der Waals surface area contributed by atoms with E-state index in [0.717, 1.165) is 43.1 Å². The van der Waals surface area contributed by atoms with Crippen LogP contribution in [-0.4, -0.2) is 42.7 Å². The van der Waals surface area contributed by atoms with E-state index in [1.165, 1.54) is 25.8 Å². The third-order valence-electron chi connectivity index (χ3n) is 4.18. The van der Waals surface area contributed by atoms with Crippen LogP contribution in [-0.2, 0) is 6.54 Å². The van der Waals surface area contributed by atoms with Gasteiger partial charge in [-0.1, -0.05) is 13.3 Å². The van der Waals surface area contributed by atoms with Crippen molar-refractivity contribution in [1.82, 2.24) is 15.2 Å². The molecule has 1 saturated heterocycles. The van der Waals surface area contributed by atoms with E-state index < -0.39 is 0 Å². The zero-order chi connectivity index (χ0) is 15.1. The van der Waals surface area contributed by atoms with Gasteiger partial charge in [0.05, 0.1) is 0 Å². The van der Waals surface area contributed by atoms with Crippen LogP contribution in [0.3, 0.4) is 0 Å². The van der Waals surface area contributed by atoms with E-state index in [4.69, 9.17) is 4.74 Å². The van der Waals surface area contributed by atoms with Gasteiger partial charge in [-0.3, -0.25) is 4.98 Å². The Bertz CT molecular complexity index is 436. The maximum absolute atomic E-state index is 6.14. The summed E-state index contributed by atoms with van der Waals surface area (Å²) in [6.07, 6.45) is 6.95. The fourth-order valence-corrected chi connectivity index (χ4v) is 2.77. The highest BCUT2D eigenvalue weighted by Crippen LogP contribution is 2.21. The van der Waals surface area contributed by atoms with Gasteiger partial charge >= 0.3 is 0 Å². The van der Waals surface area contributed by atoms with Gasteiger partial charge in [0.2, 0.25) is 0 Å². The number of hydrogen-bond donors (Lipinski definition) is 1. The number of rotatable bonds is 7. The van der Waals surface area contributed by atoms with Crippen molar-refractivity contribution in [2.75, 3.05) is 26.7 Å². The lowest BCUT2D eigenvalue weighted by atomic mass is 10.0. The van der Waals surface area contributed by atoms with Gasteiger partial charge in [-0.05, 0) is 46.3 Å². The van der Waals surface area contributed by atoms with Crippen molar-refractivity contribution in [2.24, 2.45) is 0 Å². The lowest BCUT2D eigenvalue weighted by molar-refractivity contribution is 0.124. The van der Waals surface area contributed by atoms with Crippen LogP contribution in [0.4, 0.5) is 0 Å². The van der Waals surface area contributed by atoms with Crippen LogP contribution in [0.2, 0.25) is 0 Å². The van der Waals surface area contributed by atoms with Crippen LogP contribution < -0.4 is 10.1 Å². The molecule has 0 aliphatic carbocycles. The predicted octanol–water partition coefficient (Wildman–Crippen LogP) is 2.75. The third-order valence-corrected chi connectivity index (χ3v) is 4.18. The van der Waals surface area contributed by atoms with Crippen LogP contribution in [0, 0.1) is 6.92 Å². The Morgan fingerprint density at radius 3 is 3.05 bits per heavy atom. The summed E-state index contributed by atoms with van der Waals surface area (Å²) >= 11 is 0. The van der Waals surface area contributed by atoms with Crippen molar-refractivity contribution < 1.29 is 4.74 Å². The predicted molar refractivity (Wildman–Crippen MR) is 86.7 cm³/mol. The summed E-state index contributed by atoms with van der Waals surface area (Å²) in [6.45, 7) is 8.02. The Kier molecular flexibility index (Phi) is 6.46. The van der Waals surface area contributed by atoms with Gasteiger partial charge in [0.25, 0.3) is 0 Å². The van der Waals surface area contributed by atoms with Crippen molar-refractivity contribution in [3.8, 4) is 5.75 Å². The Morgan fingerprint density at radius 1 is 1.43 bits per heavy atom. The number of pyridine rings is 1. The van der Waals surface area contributed by atoms with Gasteiger partial charge in [0.1, 0.15) is 12.4 Å². The monoisotopic (exact) mass is 291 g/mol. The molecule has 1 aliphatic heterocycles. The number of likely N-dealkylation sites (N-methyl/N-ethyl adjacent to an activating group) is 1.